The molecule has 0 amide bonds. The maximum absolute atomic E-state index is 6.22. The standard InChI is InChI=1S/C38H22OS/c1-2-11-24-21-34-32(20-23(24)10-1)33(22-39-34)37-28-15-5-3-13-26(28)36(27-14-4-6-16-29(27)37)31-18-9-17-30-25-12-7-8-19-35(25)40-38(30)31/h1-22H. The molecular formula is C38H22OS. The van der Waals surface area contributed by atoms with Crippen molar-refractivity contribution in [1.29, 1.82) is 0 Å². The molecule has 0 saturated carbocycles. The molecule has 2 aromatic heterocycles. The van der Waals surface area contributed by atoms with Gasteiger partial charge < -0.3 is 4.42 Å². The van der Waals surface area contributed by atoms with Crippen molar-refractivity contribution in [2.24, 2.45) is 0 Å². The van der Waals surface area contributed by atoms with Crippen LogP contribution in [0.4, 0.5) is 0 Å². The Bertz CT molecular complexity index is 2380. The molecule has 0 unspecified atom stereocenters. The van der Waals surface area contributed by atoms with E-state index in [9.17, 15) is 0 Å². The number of hydrogen-bond acceptors (Lipinski definition) is 2. The summed E-state index contributed by atoms with van der Waals surface area (Å²) in [6.07, 6.45) is 1.95. The third kappa shape index (κ3) is 3.03. The molecule has 9 rings (SSSR count). The third-order valence-corrected chi connectivity index (χ3v) is 9.54. The van der Waals surface area contributed by atoms with Gasteiger partial charge >= 0.3 is 0 Å². The van der Waals surface area contributed by atoms with Crippen molar-refractivity contribution in [3.63, 3.8) is 0 Å². The Kier molecular flexibility index (Phi) is 4.55. The molecule has 0 fully saturated rings. The monoisotopic (exact) mass is 526 g/mol. The highest BCUT2D eigenvalue weighted by Crippen LogP contribution is 2.49. The van der Waals surface area contributed by atoms with Crippen LogP contribution in [-0.4, -0.2) is 0 Å². The predicted molar refractivity (Wildman–Crippen MR) is 172 cm³/mol. The zero-order valence-electron chi connectivity index (χ0n) is 21.5. The van der Waals surface area contributed by atoms with Gasteiger partial charge in [-0.05, 0) is 56.1 Å². The molecule has 0 saturated heterocycles. The number of fused-ring (bicyclic) bond motifs is 7. The van der Waals surface area contributed by atoms with Crippen LogP contribution in [-0.2, 0) is 0 Å². The summed E-state index contributed by atoms with van der Waals surface area (Å²) in [6.45, 7) is 0. The fourth-order valence-electron chi connectivity index (χ4n) is 6.56. The molecule has 2 heteroatoms. The number of hydrogen-bond donors (Lipinski definition) is 0. The lowest BCUT2D eigenvalue weighted by molar-refractivity contribution is 0.617. The molecule has 0 aliphatic heterocycles. The molecule has 0 spiro atoms. The van der Waals surface area contributed by atoms with Crippen LogP contribution < -0.4 is 0 Å². The Hall–Kier alpha value is -4.92. The minimum atomic E-state index is 0.918. The molecule has 0 radical (unpaired) electrons. The highest BCUT2D eigenvalue weighted by Gasteiger charge is 2.21. The van der Waals surface area contributed by atoms with Gasteiger partial charge in [0, 0.05) is 42.2 Å². The SMILES string of the molecule is c1ccc2cc3c(-c4c5ccccc5c(-c5cccc6c5sc5ccccc56)c5ccccc45)coc3cc2c1. The summed E-state index contributed by atoms with van der Waals surface area (Å²) in [7, 11) is 0. The molecule has 0 atom stereocenters. The second kappa shape index (κ2) is 8.29. The Morgan fingerprint density at radius 3 is 1.68 bits per heavy atom. The van der Waals surface area contributed by atoms with E-state index in [1.165, 1.54) is 69.2 Å². The molecule has 0 bridgehead atoms. The molecule has 0 aliphatic rings. The number of benzene rings is 7. The van der Waals surface area contributed by atoms with Crippen LogP contribution in [0.15, 0.2) is 138 Å². The van der Waals surface area contributed by atoms with Crippen molar-refractivity contribution in [2.75, 3.05) is 0 Å². The van der Waals surface area contributed by atoms with Crippen molar-refractivity contribution in [3.05, 3.63) is 134 Å². The van der Waals surface area contributed by atoms with Crippen molar-refractivity contribution in [3.8, 4) is 22.3 Å². The van der Waals surface area contributed by atoms with Crippen molar-refractivity contribution in [2.45, 2.75) is 0 Å². The summed E-state index contributed by atoms with van der Waals surface area (Å²) >= 11 is 1.89. The lowest BCUT2D eigenvalue weighted by Crippen LogP contribution is -1.90. The van der Waals surface area contributed by atoms with Gasteiger partial charge in [-0.25, -0.2) is 0 Å². The van der Waals surface area contributed by atoms with E-state index in [1.54, 1.807) is 0 Å². The zero-order valence-corrected chi connectivity index (χ0v) is 22.3. The first kappa shape index (κ1) is 22.0. The molecule has 7 aromatic carbocycles. The molecule has 2 heterocycles. The maximum Gasteiger partial charge on any atom is 0.135 e. The lowest BCUT2D eigenvalue weighted by Gasteiger charge is -2.17. The Balaban J connectivity index is 1.43. The van der Waals surface area contributed by atoms with Crippen molar-refractivity contribution in [1.82, 2.24) is 0 Å². The van der Waals surface area contributed by atoms with Gasteiger partial charge in [-0.2, -0.15) is 0 Å². The van der Waals surface area contributed by atoms with Gasteiger partial charge in [0.2, 0.25) is 0 Å². The van der Waals surface area contributed by atoms with Crippen LogP contribution in [0.25, 0.3) is 85.7 Å². The van der Waals surface area contributed by atoms with Crippen molar-refractivity contribution >= 4 is 74.8 Å². The van der Waals surface area contributed by atoms with Gasteiger partial charge in [0.25, 0.3) is 0 Å². The van der Waals surface area contributed by atoms with Crippen LogP contribution in [0, 0.1) is 0 Å². The summed E-state index contributed by atoms with van der Waals surface area (Å²) in [6, 6.07) is 46.2. The van der Waals surface area contributed by atoms with Crippen LogP contribution in [0.5, 0.6) is 0 Å². The molecule has 0 N–H and O–H groups in total. The molecular weight excluding hydrogens is 504 g/mol. The van der Waals surface area contributed by atoms with E-state index in [0.717, 1.165) is 16.5 Å². The molecule has 40 heavy (non-hydrogen) atoms. The number of furan rings is 1. The molecule has 1 nitrogen and oxygen atoms in total. The molecule has 0 aliphatic carbocycles. The summed E-state index contributed by atoms with van der Waals surface area (Å²) in [5.41, 5.74) is 5.87. The van der Waals surface area contributed by atoms with Gasteiger partial charge in [-0.15, -0.1) is 11.3 Å². The topological polar surface area (TPSA) is 13.1 Å². The van der Waals surface area contributed by atoms with Gasteiger partial charge in [-0.1, -0.05) is 109 Å². The maximum atomic E-state index is 6.22. The normalized spacial score (nSPS) is 12.0. The van der Waals surface area contributed by atoms with E-state index in [4.69, 9.17) is 4.42 Å². The Morgan fingerprint density at radius 2 is 0.975 bits per heavy atom. The minimum absolute atomic E-state index is 0.918. The quantitative estimate of drug-likeness (QED) is 0.204. The van der Waals surface area contributed by atoms with Crippen LogP contribution in [0.2, 0.25) is 0 Å². The minimum Gasteiger partial charge on any atom is -0.464 e. The van der Waals surface area contributed by atoms with Crippen molar-refractivity contribution < 1.29 is 4.42 Å². The first-order valence-corrected chi connectivity index (χ1v) is 14.4. The van der Waals surface area contributed by atoms with Crippen LogP contribution in [0.3, 0.4) is 0 Å². The highest BCUT2D eigenvalue weighted by molar-refractivity contribution is 7.26. The largest absolute Gasteiger partial charge is 0.464 e. The lowest BCUT2D eigenvalue weighted by atomic mass is 9.85. The van der Waals surface area contributed by atoms with E-state index in [1.807, 2.05) is 17.6 Å². The highest BCUT2D eigenvalue weighted by atomic mass is 32.1. The van der Waals surface area contributed by atoms with E-state index >= 15 is 0 Å². The first-order chi connectivity index (χ1) is 19.8. The summed E-state index contributed by atoms with van der Waals surface area (Å²) in [5, 5.41) is 11.2. The molecule has 186 valence electrons. The van der Waals surface area contributed by atoms with E-state index in [-0.39, 0.29) is 0 Å². The average Bonchev–Trinajstić information content (AvgIpc) is 3.60. The van der Waals surface area contributed by atoms with Crippen LogP contribution in [0.1, 0.15) is 0 Å². The van der Waals surface area contributed by atoms with E-state index in [0.29, 0.717) is 0 Å². The van der Waals surface area contributed by atoms with Crippen LogP contribution >= 0.6 is 11.3 Å². The Labute approximate surface area is 234 Å². The van der Waals surface area contributed by atoms with Gasteiger partial charge in [0.1, 0.15) is 5.58 Å². The average molecular weight is 527 g/mol. The summed E-state index contributed by atoms with van der Waals surface area (Å²) in [4.78, 5) is 0. The second-order valence-corrected chi connectivity index (χ2v) is 11.5. The smallest absolute Gasteiger partial charge is 0.135 e. The summed E-state index contributed by atoms with van der Waals surface area (Å²) in [5.74, 6) is 0. The van der Waals surface area contributed by atoms with Gasteiger partial charge in [-0.3, -0.25) is 0 Å². The zero-order chi connectivity index (χ0) is 26.2. The fourth-order valence-corrected chi connectivity index (χ4v) is 7.78. The second-order valence-electron chi connectivity index (χ2n) is 10.5. The Morgan fingerprint density at radius 1 is 0.425 bits per heavy atom. The van der Waals surface area contributed by atoms with Gasteiger partial charge in [0.15, 0.2) is 0 Å². The summed E-state index contributed by atoms with van der Waals surface area (Å²) < 4.78 is 8.88. The van der Waals surface area contributed by atoms with Gasteiger partial charge in [0.05, 0.1) is 6.26 Å². The predicted octanol–water partition coefficient (Wildman–Crippen LogP) is 11.6. The first-order valence-electron chi connectivity index (χ1n) is 13.6. The third-order valence-electron chi connectivity index (χ3n) is 8.32. The molecule has 9 aromatic rings. The van der Waals surface area contributed by atoms with E-state index < -0.39 is 0 Å². The number of rotatable bonds is 2. The van der Waals surface area contributed by atoms with E-state index in [2.05, 4.69) is 127 Å². The fraction of sp³-hybridized carbons (Fsp3) is 0. The number of thiophene rings is 1.